The van der Waals surface area contributed by atoms with Crippen molar-refractivity contribution in [1.82, 2.24) is 15.6 Å². The minimum Gasteiger partial charge on any atom is -0.493 e. The zero-order valence-corrected chi connectivity index (χ0v) is 18.7. The van der Waals surface area contributed by atoms with E-state index >= 15 is 0 Å². The van der Waals surface area contributed by atoms with E-state index in [0.717, 1.165) is 42.0 Å². The molecular weight excluding hydrogens is 459 g/mol. The highest BCUT2D eigenvalue weighted by atomic mass is 127. The molecule has 0 radical (unpaired) electrons. The molecule has 1 fully saturated rings. The van der Waals surface area contributed by atoms with E-state index in [1.165, 1.54) is 23.3 Å². The van der Waals surface area contributed by atoms with Crippen molar-refractivity contribution in [3.05, 3.63) is 45.4 Å². The van der Waals surface area contributed by atoms with E-state index in [4.69, 9.17) is 4.74 Å². The molecule has 2 N–H and O–H groups in total. The van der Waals surface area contributed by atoms with Crippen LogP contribution < -0.4 is 15.4 Å². The lowest BCUT2D eigenvalue weighted by Gasteiger charge is -2.15. The molecule has 0 saturated heterocycles. The lowest BCUT2D eigenvalue weighted by atomic mass is 10.1. The van der Waals surface area contributed by atoms with Crippen LogP contribution in [0.5, 0.6) is 5.75 Å². The zero-order valence-electron chi connectivity index (χ0n) is 15.5. The normalized spacial score (nSPS) is 13.9. The molecule has 0 spiro atoms. The summed E-state index contributed by atoms with van der Waals surface area (Å²) in [6.45, 7) is 6.36. The second-order valence-corrected chi connectivity index (χ2v) is 7.45. The third-order valence-corrected chi connectivity index (χ3v) is 5.26. The van der Waals surface area contributed by atoms with Gasteiger partial charge in [0.15, 0.2) is 5.96 Å². The molecule has 142 valence electrons. The first kappa shape index (κ1) is 21.0. The molecule has 1 heterocycles. The van der Waals surface area contributed by atoms with Gasteiger partial charge in [-0.25, -0.2) is 4.98 Å². The van der Waals surface area contributed by atoms with Crippen molar-refractivity contribution in [2.24, 2.45) is 10.9 Å². The number of benzene rings is 1. The summed E-state index contributed by atoms with van der Waals surface area (Å²) in [5.41, 5.74) is 5.32. The first-order valence-corrected chi connectivity index (χ1v) is 9.59. The van der Waals surface area contributed by atoms with Gasteiger partial charge in [0.05, 0.1) is 24.4 Å². The Morgan fingerprint density at radius 3 is 2.69 bits per heavy atom. The van der Waals surface area contributed by atoms with Crippen molar-refractivity contribution in [2.45, 2.75) is 39.8 Å². The Labute approximate surface area is 176 Å². The van der Waals surface area contributed by atoms with E-state index in [1.54, 1.807) is 18.4 Å². The van der Waals surface area contributed by atoms with Gasteiger partial charge in [0.2, 0.25) is 0 Å². The van der Waals surface area contributed by atoms with E-state index in [0.29, 0.717) is 6.54 Å². The standard InChI is InChI=1S/C19H26N4OS.HI/c1-13-4-7-16(17(8-13)24-11-15-5-6-15)9-21-19(20-3)22-10-18-14(2)23-12-25-18;/h4,7-8,12,15H,5-6,9-11H2,1-3H3,(H2,20,21,22);1H. The number of nitrogens with zero attached hydrogens (tertiary/aromatic N) is 2. The molecule has 0 atom stereocenters. The number of rotatable bonds is 7. The predicted molar refractivity (Wildman–Crippen MR) is 119 cm³/mol. The summed E-state index contributed by atoms with van der Waals surface area (Å²) < 4.78 is 6.04. The molecule has 2 aromatic rings. The smallest absolute Gasteiger partial charge is 0.191 e. The number of aryl methyl sites for hydroxylation is 2. The van der Waals surface area contributed by atoms with Crippen molar-refractivity contribution in [3.63, 3.8) is 0 Å². The van der Waals surface area contributed by atoms with Gasteiger partial charge in [-0.05, 0) is 44.2 Å². The Morgan fingerprint density at radius 1 is 1.27 bits per heavy atom. The number of nitrogens with one attached hydrogen (secondary N) is 2. The Morgan fingerprint density at radius 2 is 2.04 bits per heavy atom. The Kier molecular flexibility index (Phi) is 8.15. The van der Waals surface area contributed by atoms with Crippen LogP contribution in [0.4, 0.5) is 0 Å². The number of aliphatic imine (C=N–C) groups is 1. The third-order valence-electron chi connectivity index (χ3n) is 4.33. The predicted octanol–water partition coefficient (Wildman–Crippen LogP) is 4.03. The van der Waals surface area contributed by atoms with E-state index in [2.05, 4.69) is 45.7 Å². The molecule has 0 amide bonds. The summed E-state index contributed by atoms with van der Waals surface area (Å²) in [7, 11) is 1.79. The highest BCUT2D eigenvalue weighted by Crippen LogP contribution is 2.30. The van der Waals surface area contributed by atoms with Crippen LogP contribution in [-0.4, -0.2) is 24.6 Å². The largest absolute Gasteiger partial charge is 0.493 e. The van der Waals surface area contributed by atoms with Crippen molar-refractivity contribution < 1.29 is 4.74 Å². The molecule has 0 bridgehead atoms. The number of thiazole rings is 1. The summed E-state index contributed by atoms with van der Waals surface area (Å²) in [5.74, 6) is 2.51. The number of ether oxygens (including phenoxy) is 1. The van der Waals surface area contributed by atoms with Crippen molar-refractivity contribution >= 4 is 41.3 Å². The van der Waals surface area contributed by atoms with Gasteiger partial charge in [0.1, 0.15) is 5.75 Å². The van der Waals surface area contributed by atoms with Crippen molar-refractivity contribution in [3.8, 4) is 5.75 Å². The van der Waals surface area contributed by atoms with Crippen LogP contribution in [0, 0.1) is 19.8 Å². The number of guanidine groups is 1. The summed E-state index contributed by atoms with van der Waals surface area (Å²) in [6, 6.07) is 6.37. The van der Waals surface area contributed by atoms with Gasteiger partial charge in [-0.15, -0.1) is 35.3 Å². The molecular formula is C19H27IN4OS. The second-order valence-electron chi connectivity index (χ2n) is 6.51. The van der Waals surface area contributed by atoms with Crippen molar-refractivity contribution in [1.29, 1.82) is 0 Å². The monoisotopic (exact) mass is 486 g/mol. The van der Waals surface area contributed by atoms with Gasteiger partial charge in [-0.1, -0.05) is 12.1 Å². The first-order chi connectivity index (χ1) is 12.2. The summed E-state index contributed by atoms with van der Waals surface area (Å²) >= 11 is 1.66. The fraction of sp³-hybridized carbons (Fsp3) is 0.474. The van der Waals surface area contributed by atoms with Gasteiger partial charge in [-0.3, -0.25) is 4.99 Å². The average molecular weight is 486 g/mol. The minimum atomic E-state index is 0. The number of hydrogen-bond donors (Lipinski definition) is 2. The fourth-order valence-electron chi connectivity index (χ4n) is 2.49. The Balaban J connectivity index is 0.00000243. The van der Waals surface area contributed by atoms with Crippen LogP contribution in [0.2, 0.25) is 0 Å². The Bertz CT molecular complexity index is 743. The summed E-state index contributed by atoms with van der Waals surface area (Å²) in [5, 5.41) is 6.72. The van der Waals surface area contributed by atoms with E-state index in [9.17, 15) is 0 Å². The van der Waals surface area contributed by atoms with Crippen molar-refractivity contribution in [2.75, 3.05) is 13.7 Å². The van der Waals surface area contributed by atoms with E-state index in [1.807, 2.05) is 12.4 Å². The van der Waals surface area contributed by atoms with E-state index < -0.39 is 0 Å². The number of aromatic nitrogens is 1. The maximum absolute atomic E-state index is 6.04. The Hall–Kier alpha value is -1.35. The first-order valence-electron chi connectivity index (χ1n) is 8.71. The maximum atomic E-state index is 6.04. The maximum Gasteiger partial charge on any atom is 0.191 e. The van der Waals surface area contributed by atoms with Gasteiger partial charge in [0.25, 0.3) is 0 Å². The molecule has 1 aliphatic rings. The SMILES string of the molecule is CN=C(NCc1ccc(C)cc1OCC1CC1)NCc1scnc1C.I. The van der Waals surface area contributed by atoms with Crippen LogP contribution in [-0.2, 0) is 13.1 Å². The summed E-state index contributed by atoms with van der Waals surface area (Å²) in [6.07, 6.45) is 2.60. The average Bonchev–Trinajstić information content (AvgIpc) is 3.35. The molecule has 1 aromatic heterocycles. The molecule has 1 aliphatic carbocycles. The lowest BCUT2D eigenvalue weighted by molar-refractivity contribution is 0.296. The fourth-order valence-corrected chi connectivity index (χ4v) is 3.21. The third kappa shape index (κ3) is 6.12. The molecule has 5 nitrogen and oxygen atoms in total. The van der Waals surface area contributed by atoms with Crippen LogP contribution >= 0.6 is 35.3 Å². The van der Waals surface area contributed by atoms with Crippen LogP contribution in [0.25, 0.3) is 0 Å². The van der Waals surface area contributed by atoms with Crippen LogP contribution in [0.3, 0.4) is 0 Å². The molecule has 1 aromatic carbocycles. The highest BCUT2D eigenvalue weighted by Gasteiger charge is 2.22. The second kappa shape index (κ2) is 10.1. The molecule has 1 saturated carbocycles. The lowest BCUT2D eigenvalue weighted by Crippen LogP contribution is -2.36. The molecule has 26 heavy (non-hydrogen) atoms. The number of hydrogen-bond acceptors (Lipinski definition) is 4. The van der Waals surface area contributed by atoms with E-state index in [-0.39, 0.29) is 24.0 Å². The molecule has 7 heteroatoms. The molecule has 0 aliphatic heterocycles. The minimum absolute atomic E-state index is 0. The van der Waals surface area contributed by atoms with Gasteiger partial charge in [0, 0.05) is 24.0 Å². The van der Waals surface area contributed by atoms with Gasteiger partial charge in [-0.2, -0.15) is 0 Å². The highest BCUT2D eigenvalue weighted by molar-refractivity contribution is 14.0. The van der Waals surface area contributed by atoms with Crippen LogP contribution in [0.1, 0.15) is 34.5 Å². The zero-order chi connectivity index (χ0) is 17.6. The molecule has 3 rings (SSSR count). The van der Waals surface area contributed by atoms with Crippen LogP contribution in [0.15, 0.2) is 28.7 Å². The van der Waals surface area contributed by atoms with Gasteiger partial charge < -0.3 is 15.4 Å². The quantitative estimate of drug-likeness (QED) is 0.353. The molecule has 0 unspecified atom stereocenters. The topological polar surface area (TPSA) is 58.5 Å². The summed E-state index contributed by atoms with van der Waals surface area (Å²) in [4.78, 5) is 9.81. The number of halogens is 1. The van der Waals surface area contributed by atoms with Gasteiger partial charge >= 0.3 is 0 Å².